The highest BCUT2D eigenvalue weighted by Crippen LogP contribution is 2.35. The van der Waals surface area contributed by atoms with Gasteiger partial charge >= 0.3 is 0 Å². The second-order valence-corrected chi connectivity index (χ2v) is 10.4. The van der Waals surface area contributed by atoms with Crippen LogP contribution in [0.3, 0.4) is 0 Å². The fourth-order valence-electron chi connectivity index (χ4n) is 5.77. The number of piperidine rings is 1. The lowest BCUT2D eigenvalue weighted by Crippen LogP contribution is -2.43. The van der Waals surface area contributed by atoms with Gasteiger partial charge < -0.3 is 19.4 Å². The Bertz CT molecular complexity index is 1360. The number of halogens is 1. The van der Waals surface area contributed by atoms with Crippen molar-refractivity contribution >= 4 is 22.1 Å². The van der Waals surface area contributed by atoms with Gasteiger partial charge in [-0.25, -0.2) is 14.4 Å². The second-order valence-electron chi connectivity index (χ2n) is 10.4. The molecule has 35 heavy (non-hydrogen) atoms. The zero-order valence-corrected chi connectivity index (χ0v) is 20.9. The molecule has 0 radical (unpaired) electrons. The summed E-state index contributed by atoms with van der Waals surface area (Å²) < 4.78 is 17.6. The van der Waals surface area contributed by atoms with Crippen LogP contribution in [0.2, 0.25) is 0 Å². The quantitative estimate of drug-likeness (QED) is 0.483. The van der Waals surface area contributed by atoms with Gasteiger partial charge in [-0.1, -0.05) is 0 Å². The molecule has 2 aliphatic heterocycles. The Morgan fingerprint density at radius 2 is 1.74 bits per heavy atom. The fourth-order valence-corrected chi connectivity index (χ4v) is 5.77. The minimum Gasteiger partial charge on any atom is -0.346 e. The molecule has 0 amide bonds. The number of imidazole rings is 1. The summed E-state index contributed by atoms with van der Waals surface area (Å²) in [5.74, 6) is 0.629. The summed E-state index contributed by atoms with van der Waals surface area (Å²) in [6.07, 6.45) is 6.03. The number of pyridine rings is 1. The number of hydrogen-bond donors (Lipinski definition) is 1. The van der Waals surface area contributed by atoms with Gasteiger partial charge in [0.15, 0.2) is 5.82 Å². The maximum Gasteiger partial charge on any atom is 0.151 e. The molecule has 0 atom stereocenters. The number of fused-ring (bicyclic) bond motifs is 2. The lowest BCUT2D eigenvalue weighted by molar-refractivity contribution is 0.148. The van der Waals surface area contributed by atoms with E-state index in [4.69, 9.17) is 0 Å². The number of aromatic nitrogens is 4. The number of likely N-dealkylation sites (tertiary alicyclic amines) is 1. The van der Waals surface area contributed by atoms with E-state index in [-0.39, 0.29) is 5.82 Å². The summed E-state index contributed by atoms with van der Waals surface area (Å²) in [5.41, 5.74) is 5.25. The molecule has 2 saturated heterocycles. The Morgan fingerprint density at radius 1 is 1.00 bits per heavy atom. The number of hydrogen-bond acceptors (Lipinski definition) is 5. The summed E-state index contributed by atoms with van der Waals surface area (Å²) in [6, 6.07) is 6.31. The van der Waals surface area contributed by atoms with E-state index in [0.29, 0.717) is 11.6 Å². The molecule has 5 heterocycles. The van der Waals surface area contributed by atoms with Gasteiger partial charge in [-0.05, 0) is 76.3 Å². The molecule has 7 nitrogen and oxygen atoms in total. The SMILES string of the molecule is Cc1nc2c(F)cc(-c3c[nH]c4ncc(CN5CCN(C)CC5)cc34)cc2n1C1CCN(C)CC1. The molecular formula is C27H34FN7. The van der Waals surface area contributed by atoms with Crippen molar-refractivity contribution in [2.75, 3.05) is 53.4 Å². The Kier molecular flexibility index (Phi) is 5.82. The van der Waals surface area contributed by atoms with Crippen LogP contribution in [0.5, 0.6) is 0 Å². The molecule has 3 aromatic heterocycles. The largest absolute Gasteiger partial charge is 0.346 e. The van der Waals surface area contributed by atoms with Crippen LogP contribution < -0.4 is 0 Å². The van der Waals surface area contributed by atoms with Crippen molar-refractivity contribution < 1.29 is 4.39 Å². The van der Waals surface area contributed by atoms with Gasteiger partial charge in [0.05, 0.1) is 5.52 Å². The average Bonchev–Trinajstić information content (AvgIpc) is 3.42. The standard InChI is InChI=1S/C27H34FN7/c1-18-31-26-24(28)13-20(14-25(26)35(18)21-4-6-32(2)7-5-21)23-16-30-27-22(23)12-19(15-29-27)17-34-10-8-33(3)9-11-34/h12-16,21H,4-11,17H2,1-3H3,(H,29,30). The normalized spacial score (nSPS) is 19.3. The smallest absolute Gasteiger partial charge is 0.151 e. The van der Waals surface area contributed by atoms with Gasteiger partial charge in [-0.15, -0.1) is 0 Å². The Balaban J connectivity index is 1.37. The van der Waals surface area contributed by atoms with Crippen molar-refractivity contribution in [2.45, 2.75) is 32.4 Å². The summed E-state index contributed by atoms with van der Waals surface area (Å²) in [4.78, 5) is 19.8. The van der Waals surface area contributed by atoms with Crippen molar-refractivity contribution in [3.63, 3.8) is 0 Å². The Labute approximate surface area is 205 Å². The van der Waals surface area contributed by atoms with Crippen LogP contribution in [-0.4, -0.2) is 87.6 Å². The average molecular weight is 476 g/mol. The lowest BCUT2D eigenvalue weighted by atomic mass is 10.0. The molecule has 0 aliphatic carbocycles. The van der Waals surface area contributed by atoms with E-state index >= 15 is 4.39 Å². The van der Waals surface area contributed by atoms with E-state index in [1.165, 1.54) is 5.56 Å². The number of benzene rings is 1. The van der Waals surface area contributed by atoms with E-state index in [9.17, 15) is 0 Å². The highest BCUT2D eigenvalue weighted by Gasteiger charge is 2.24. The predicted octanol–water partition coefficient (Wildman–Crippen LogP) is 4.04. The predicted molar refractivity (Wildman–Crippen MR) is 138 cm³/mol. The molecule has 1 aromatic carbocycles. The Hall–Kier alpha value is -2.81. The van der Waals surface area contributed by atoms with Crippen LogP contribution in [0.1, 0.15) is 30.3 Å². The van der Waals surface area contributed by atoms with Crippen LogP contribution in [0.15, 0.2) is 30.6 Å². The fraction of sp³-hybridized carbons (Fsp3) is 0.481. The number of rotatable bonds is 4. The van der Waals surface area contributed by atoms with E-state index in [0.717, 1.165) is 92.2 Å². The van der Waals surface area contributed by atoms with E-state index in [1.54, 1.807) is 6.07 Å². The van der Waals surface area contributed by atoms with Gasteiger partial charge in [-0.2, -0.15) is 0 Å². The highest BCUT2D eigenvalue weighted by molar-refractivity contribution is 5.96. The highest BCUT2D eigenvalue weighted by atomic mass is 19.1. The zero-order valence-electron chi connectivity index (χ0n) is 20.9. The molecular weight excluding hydrogens is 441 g/mol. The molecule has 2 fully saturated rings. The van der Waals surface area contributed by atoms with Crippen LogP contribution in [0.25, 0.3) is 33.2 Å². The molecule has 0 bridgehead atoms. The van der Waals surface area contributed by atoms with E-state index in [2.05, 4.69) is 60.4 Å². The van der Waals surface area contributed by atoms with Crippen LogP contribution in [-0.2, 0) is 6.54 Å². The van der Waals surface area contributed by atoms with Crippen molar-refractivity contribution in [3.05, 3.63) is 47.8 Å². The number of likely N-dealkylation sites (N-methyl/N-ethyl adjacent to an activating group) is 1. The van der Waals surface area contributed by atoms with Crippen LogP contribution in [0, 0.1) is 12.7 Å². The molecule has 184 valence electrons. The molecule has 6 rings (SSSR count). The van der Waals surface area contributed by atoms with Crippen molar-refractivity contribution in [1.29, 1.82) is 0 Å². The second kappa shape index (κ2) is 9.00. The third-order valence-electron chi connectivity index (χ3n) is 7.88. The van der Waals surface area contributed by atoms with E-state index in [1.807, 2.05) is 19.3 Å². The van der Waals surface area contributed by atoms with Gasteiger partial charge in [0.1, 0.15) is 17.0 Å². The first-order valence-corrected chi connectivity index (χ1v) is 12.7. The number of aryl methyl sites for hydroxylation is 1. The van der Waals surface area contributed by atoms with Crippen LogP contribution >= 0.6 is 0 Å². The van der Waals surface area contributed by atoms with Crippen LogP contribution in [0.4, 0.5) is 4.39 Å². The van der Waals surface area contributed by atoms with Crippen molar-refractivity contribution in [3.8, 4) is 11.1 Å². The number of piperazine rings is 1. The summed E-state index contributed by atoms with van der Waals surface area (Å²) in [5, 5.41) is 1.04. The first-order chi connectivity index (χ1) is 17.0. The molecule has 0 spiro atoms. The summed E-state index contributed by atoms with van der Waals surface area (Å²) >= 11 is 0. The number of nitrogens with zero attached hydrogens (tertiary/aromatic N) is 6. The first kappa shape index (κ1) is 22.6. The molecule has 4 aromatic rings. The third-order valence-corrected chi connectivity index (χ3v) is 7.88. The molecule has 0 unspecified atom stereocenters. The Morgan fingerprint density at radius 3 is 2.51 bits per heavy atom. The summed E-state index contributed by atoms with van der Waals surface area (Å²) in [6.45, 7) is 9.30. The van der Waals surface area contributed by atoms with Crippen molar-refractivity contribution in [2.24, 2.45) is 0 Å². The van der Waals surface area contributed by atoms with Gasteiger partial charge in [0, 0.05) is 62.1 Å². The maximum atomic E-state index is 15.4. The molecule has 0 saturated carbocycles. The molecule has 1 N–H and O–H groups in total. The van der Waals surface area contributed by atoms with Gasteiger partial charge in [0.2, 0.25) is 0 Å². The zero-order chi connectivity index (χ0) is 24.1. The third kappa shape index (κ3) is 4.24. The van der Waals surface area contributed by atoms with Gasteiger partial charge in [0.25, 0.3) is 0 Å². The summed E-state index contributed by atoms with van der Waals surface area (Å²) in [7, 11) is 4.34. The topological polar surface area (TPSA) is 56.2 Å². The molecule has 8 heteroatoms. The lowest BCUT2D eigenvalue weighted by Gasteiger charge is -2.32. The number of H-pyrrole nitrogens is 1. The minimum absolute atomic E-state index is 0.261. The maximum absolute atomic E-state index is 15.4. The number of aromatic amines is 1. The minimum atomic E-state index is -0.261. The van der Waals surface area contributed by atoms with Gasteiger partial charge in [-0.3, -0.25) is 4.90 Å². The van der Waals surface area contributed by atoms with E-state index < -0.39 is 0 Å². The van der Waals surface area contributed by atoms with Crippen molar-refractivity contribution in [1.82, 2.24) is 34.2 Å². The monoisotopic (exact) mass is 475 g/mol. The number of nitrogens with one attached hydrogen (secondary N) is 1. The molecule has 2 aliphatic rings. The first-order valence-electron chi connectivity index (χ1n) is 12.7.